The Bertz CT molecular complexity index is 1540. The molecule has 0 saturated carbocycles. The third kappa shape index (κ3) is 7.07. The zero-order valence-electron chi connectivity index (χ0n) is 28.9. The van der Waals surface area contributed by atoms with Gasteiger partial charge in [-0.2, -0.15) is 0 Å². The summed E-state index contributed by atoms with van der Waals surface area (Å²) in [7, 11) is 2.27. The minimum absolute atomic E-state index is 0.0373. The van der Waals surface area contributed by atoms with Gasteiger partial charge >= 0.3 is 12.1 Å². The zero-order chi connectivity index (χ0) is 34.2. The van der Waals surface area contributed by atoms with E-state index in [-0.39, 0.29) is 24.0 Å². The van der Waals surface area contributed by atoms with Crippen molar-refractivity contribution in [2.75, 3.05) is 57.4 Å². The lowest BCUT2D eigenvalue weighted by atomic mass is 9.95. The van der Waals surface area contributed by atoms with E-state index in [0.29, 0.717) is 80.8 Å². The number of carbonyl (C=O) groups is 3. The predicted molar refractivity (Wildman–Crippen MR) is 193 cm³/mol. The van der Waals surface area contributed by atoms with E-state index in [1.165, 1.54) is 25.7 Å². The van der Waals surface area contributed by atoms with Crippen molar-refractivity contribution < 1.29 is 14.4 Å². The number of benzene rings is 2. The first-order valence-corrected chi connectivity index (χ1v) is 18.6. The van der Waals surface area contributed by atoms with Gasteiger partial charge in [0.1, 0.15) is 6.04 Å². The van der Waals surface area contributed by atoms with Crippen molar-refractivity contribution in [1.29, 1.82) is 0 Å². The Labute approximate surface area is 295 Å². The molecule has 2 aromatic carbocycles. The molecule has 5 amide bonds. The molecule has 5 aliphatic rings. The number of urea groups is 2. The fourth-order valence-corrected chi connectivity index (χ4v) is 9.19. The van der Waals surface area contributed by atoms with Crippen molar-refractivity contribution in [1.82, 2.24) is 29.8 Å². The molecule has 4 fully saturated rings. The highest BCUT2D eigenvalue weighted by atomic mass is 35.5. The molecule has 49 heavy (non-hydrogen) atoms. The molecule has 0 aliphatic carbocycles. The molecule has 5 aliphatic heterocycles. The Hall–Kier alpha value is -3.54. The summed E-state index contributed by atoms with van der Waals surface area (Å²) in [6.07, 6.45) is 7.43. The molecule has 0 radical (unpaired) electrons. The van der Waals surface area contributed by atoms with Crippen molar-refractivity contribution in [3.8, 4) is 0 Å². The van der Waals surface area contributed by atoms with Crippen LogP contribution in [-0.4, -0.2) is 119 Å². The first kappa shape index (κ1) is 33.9. The lowest BCUT2D eigenvalue weighted by Gasteiger charge is -2.45. The first-order valence-electron chi connectivity index (χ1n) is 18.2. The van der Waals surface area contributed by atoms with E-state index in [2.05, 4.69) is 27.5 Å². The maximum absolute atomic E-state index is 14.2. The number of halogens is 1. The maximum Gasteiger partial charge on any atom is 0.322 e. The number of hydrogen-bond acceptors (Lipinski definition) is 6. The number of piperidine rings is 2. The Morgan fingerprint density at radius 2 is 1.63 bits per heavy atom. The molecule has 11 nitrogen and oxygen atoms in total. The van der Waals surface area contributed by atoms with Crippen LogP contribution in [0.5, 0.6) is 0 Å². The number of rotatable bonds is 7. The Balaban J connectivity index is 0.997. The second-order valence-corrected chi connectivity index (χ2v) is 15.1. The SMILES string of the molecule is CCc1cc(C[C@@H](NC(=O)N2CCC(N3Cc4ccccc4NC3=O)CC2)C(=O)N2CCN(C3CC4CCC(C3)N4C)CC2)cc(Cl)c1N. The van der Waals surface area contributed by atoms with Crippen LogP contribution in [0.3, 0.4) is 0 Å². The number of hydrogen-bond donors (Lipinski definition) is 3. The highest BCUT2D eigenvalue weighted by molar-refractivity contribution is 6.33. The minimum atomic E-state index is -0.732. The maximum atomic E-state index is 14.2. The molecule has 0 aromatic heterocycles. The molecule has 12 heteroatoms. The fourth-order valence-electron chi connectivity index (χ4n) is 8.93. The van der Waals surface area contributed by atoms with Gasteiger partial charge in [0.15, 0.2) is 0 Å². The number of nitrogens with two attached hydrogens (primary N) is 1. The number of likely N-dealkylation sites (tertiary alicyclic amines) is 1. The number of aryl methyl sites for hydroxylation is 1. The lowest BCUT2D eigenvalue weighted by molar-refractivity contribution is -0.135. The zero-order valence-corrected chi connectivity index (χ0v) is 29.6. The van der Waals surface area contributed by atoms with E-state index in [0.717, 1.165) is 41.9 Å². The summed E-state index contributed by atoms with van der Waals surface area (Å²) in [6, 6.07) is 12.6. The van der Waals surface area contributed by atoms with Gasteiger partial charge < -0.3 is 36.0 Å². The van der Waals surface area contributed by atoms with Crippen LogP contribution in [0.2, 0.25) is 5.02 Å². The van der Waals surface area contributed by atoms with Gasteiger partial charge in [-0.25, -0.2) is 9.59 Å². The molecule has 0 spiro atoms. The second-order valence-electron chi connectivity index (χ2n) is 14.7. The minimum Gasteiger partial charge on any atom is -0.397 e. The first-order chi connectivity index (χ1) is 23.7. The average Bonchev–Trinajstić information content (AvgIpc) is 3.30. The standard InChI is InChI=1S/C37H51ClN8O3/c1-3-25-18-24(19-31(38)34(25)39)20-33(35(47)44-16-14-43(15-17-44)30-21-28-8-9-29(22-30)42(28)2)41-36(48)45-12-10-27(11-13-45)46-23-26-6-4-5-7-32(26)40-37(46)49/h4-7,18-19,27-30,33H,3,8-17,20-23,39H2,1-2H3,(H,40,49)(H,41,48)/t28?,29?,30?,33-/m1/s1. The number of fused-ring (bicyclic) bond motifs is 3. The van der Waals surface area contributed by atoms with Gasteiger partial charge in [0.2, 0.25) is 5.91 Å². The van der Waals surface area contributed by atoms with E-state index in [1.54, 1.807) is 4.90 Å². The molecule has 3 atom stereocenters. The van der Waals surface area contributed by atoms with Gasteiger partial charge in [-0.3, -0.25) is 9.69 Å². The van der Waals surface area contributed by atoms with E-state index < -0.39 is 6.04 Å². The Morgan fingerprint density at radius 1 is 0.939 bits per heavy atom. The number of carbonyl (C=O) groups excluding carboxylic acids is 3. The number of anilines is 2. The second kappa shape index (κ2) is 14.4. The summed E-state index contributed by atoms with van der Waals surface area (Å²) < 4.78 is 0. The van der Waals surface area contributed by atoms with Gasteiger partial charge in [-0.15, -0.1) is 0 Å². The van der Waals surface area contributed by atoms with Crippen LogP contribution in [-0.2, 0) is 24.2 Å². The third-order valence-electron chi connectivity index (χ3n) is 12.0. The largest absolute Gasteiger partial charge is 0.397 e. The number of amides is 5. The molecule has 2 bridgehead atoms. The quantitative estimate of drug-likeness (QED) is 0.372. The molecule has 2 aromatic rings. The number of para-hydroxylation sites is 1. The van der Waals surface area contributed by atoms with Crippen LogP contribution in [0.15, 0.2) is 36.4 Å². The van der Waals surface area contributed by atoms with Crippen molar-refractivity contribution in [3.05, 3.63) is 58.1 Å². The molecule has 4 saturated heterocycles. The smallest absolute Gasteiger partial charge is 0.322 e. The summed E-state index contributed by atoms with van der Waals surface area (Å²) in [4.78, 5) is 51.7. The summed E-state index contributed by atoms with van der Waals surface area (Å²) in [5.74, 6) is -0.0546. The van der Waals surface area contributed by atoms with Gasteiger partial charge in [-0.05, 0) is 80.8 Å². The summed E-state index contributed by atoms with van der Waals surface area (Å²) in [5.41, 5.74) is 10.6. The van der Waals surface area contributed by atoms with Gasteiger partial charge in [-0.1, -0.05) is 42.8 Å². The Morgan fingerprint density at radius 3 is 2.33 bits per heavy atom. The summed E-state index contributed by atoms with van der Waals surface area (Å²) >= 11 is 6.52. The molecular weight excluding hydrogens is 640 g/mol. The van der Waals surface area contributed by atoms with E-state index in [4.69, 9.17) is 17.3 Å². The highest BCUT2D eigenvalue weighted by Gasteiger charge is 2.42. The lowest BCUT2D eigenvalue weighted by Crippen LogP contribution is -2.60. The van der Waals surface area contributed by atoms with Crippen LogP contribution in [0.1, 0.15) is 62.1 Å². The molecule has 264 valence electrons. The van der Waals surface area contributed by atoms with Crippen LogP contribution in [0.4, 0.5) is 21.0 Å². The highest BCUT2D eigenvalue weighted by Crippen LogP contribution is 2.36. The van der Waals surface area contributed by atoms with Crippen molar-refractivity contribution in [2.24, 2.45) is 0 Å². The molecule has 4 N–H and O–H groups in total. The van der Waals surface area contributed by atoms with Crippen LogP contribution < -0.4 is 16.4 Å². The average molecular weight is 691 g/mol. The van der Waals surface area contributed by atoms with Crippen molar-refractivity contribution in [2.45, 2.75) is 95.0 Å². The molecule has 2 unspecified atom stereocenters. The number of piperazine rings is 1. The summed E-state index contributed by atoms with van der Waals surface area (Å²) in [6.45, 7) is 6.63. The van der Waals surface area contributed by atoms with Crippen molar-refractivity contribution in [3.63, 3.8) is 0 Å². The number of nitrogens with one attached hydrogen (secondary N) is 2. The van der Waals surface area contributed by atoms with E-state index in [1.807, 2.05) is 53.1 Å². The van der Waals surface area contributed by atoms with Crippen molar-refractivity contribution >= 4 is 40.9 Å². The number of nitrogens with zero attached hydrogens (tertiary/aromatic N) is 5. The fraction of sp³-hybridized carbons (Fsp3) is 0.595. The monoisotopic (exact) mass is 690 g/mol. The molecule has 5 heterocycles. The van der Waals surface area contributed by atoms with E-state index >= 15 is 0 Å². The normalized spacial score (nSPS) is 25.6. The molecular formula is C37H51ClN8O3. The van der Waals surface area contributed by atoms with Crippen LogP contribution in [0.25, 0.3) is 0 Å². The predicted octanol–water partition coefficient (Wildman–Crippen LogP) is 4.39. The van der Waals surface area contributed by atoms with Crippen LogP contribution >= 0.6 is 11.6 Å². The molecule has 7 rings (SSSR count). The van der Waals surface area contributed by atoms with Gasteiger partial charge in [0.25, 0.3) is 0 Å². The van der Waals surface area contributed by atoms with Gasteiger partial charge in [0.05, 0.1) is 10.7 Å². The van der Waals surface area contributed by atoms with Gasteiger partial charge in [0, 0.05) is 82.1 Å². The topological polar surface area (TPSA) is 117 Å². The van der Waals surface area contributed by atoms with Crippen LogP contribution in [0, 0.1) is 0 Å². The summed E-state index contributed by atoms with van der Waals surface area (Å²) in [5, 5.41) is 6.61. The number of nitrogen functional groups attached to an aromatic ring is 1. The third-order valence-corrected chi connectivity index (χ3v) is 12.3. The van der Waals surface area contributed by atoms with E-state index in [9.17, 15) is 14.4 Å². The Kier molecular flexibility index (Phi) is 9.95.